The van der Waals surface area contributed by atoms with E-state index in [9.17, 15) is 0 Å². The van der Waals surface area contributed by atoms with Crippen LogP contribution < -0.4 is 5.32 Å². The zero-order valence-electron chi connectivity index (χ0n) is 22.9. The Morgan fingerprint density at radius 2 is 0.727 bits per heavy atom. The number of hydrogen-bond donors (Lipinski definition) is 1. The first-order chi connectivity index (χ1) is 16.4. The van der Waals surface area contributed by atoms with E-state index in [4.69, 9.17) is 0 Å². The summed E-state index contributed by atoms with van der Waals surface area (Å²) in [5.41, 5.74) is 0. The predicted octanol–water partition coefficient (Wildman–Crippen LogP) is 10.4. The van der Waals surface area contributed by atoms with Gasteiger partial charge in [0.2, 0.25) is 0 Å². The molecule has 0 amide bonds. The van der Waals surface area contributed by atoms with Crippen LogP contribution >= 0.6 is 0 Å². The van der Waals surface area contributed by atoms with Gasteiger partial charge in [0, 0.05) is 21.9 Å². The third-order valence-electron chi connectivity index (χ3n) is 6.68. The molecule has 0 fully saturated rings. The van der Waals surface area contributed by atoms with Crippen molar-refractivity contribution >= 4 is 9.52 Å². The van der Waals surface area contributed by atoms with E-state index in [1.165, 1.54) is 141 Å². The molecule has 1 heterocycles. The van der Waals surface area contributed by atoms with Crippen molar-refractivity contribution in [1.29, 1.82) is 0 Å². The molecule has 0 aromatic heterocycles. The molecule has 1 aliphatic rings. The van der Waals surface area contributed by atoms with Crippen molar-refractivity contribution < 1.29 is 0 Å². The van der Waals surface area contributed by atoms with Gasteiger partial charge in [-0.15, -0.1) is 0 Å². The largest absolute Gasteiger partial charge is 0.368 e. The third kappa shape index (κ3) is 31.2. The van der Waals surface area contributed by atoms with E-state index < -0.39 is 0 Å². The topological polar surface area (TPSA) is 12.0 Å². The van der Waals surface area contributed by atoms with E-state index in [1.54, 1.807) is 6.04 Å². The lowest BCUT2D eigenvalue weighted by Crippen LogP contribution is -1.87. The number of hydrogen-bond acceptors (Lipinski definition) is 1. The molecule has 0 radical (unpaired) electrons. The maximum absolute atomic E-state index is 2.92. The molecule has 33 heavy (non-hydrogen) atoms. The van der Waals surface area contributed by atoms with Gasteiger partial charge < -0.3 is 5.32 Å². The maximum atomic E-state index is 2.92. The summed E-state index contributed by atoms with van der Waals surface area (Å²) in [5, 5.41) is 2.92. The number of allylic oxidation sites excluding steroid dienone is 4. The van der Waals surface area contributed by atoms with Gasteiger partial charge in [0.25, 0.3) is 0 Å². The number of nitrogens with one attached hydrogen (secondary N) is 1. The van der Waals surface area contributed by atoms with Crippen LogP contribution in [0.2, 0.25) is 12.6 Å². The first-order valence-corrected chi connectivity index (χ1v) is 17.6. The van der Waals surface area contributed by atoms with E-state index >= 15 is 0 Å². The maximum Gasteiger partial charge on any atom is 0.0166 e. The monoisotopic (exact) mass is 475 g/mol. The minimum Gasteiger partial charge on any atom is -0.368 e. The fourth-order valence-electron chi connectivity index (χ4n) is 4.44. The molecular weight excluding hydrogens is 414 g/mol. The first-order valence-electron chi connectivity index (χ1n) is 15.2. The van der Waals surface area contributed by atoms with Gasteiger partial charge in [-0.05, 0) is 12.2 Å². The highest BCUT2D eigenvalue weighted by Crippen LogP contribution is 2.15. The van der Waals surface area contributed by atoms with Crippen LogP contribution in [-0.4, -0.2) is 9.52 Å². The van der Waals surface area contributed by atoms with Gasteiger partial charge in [0.15, 0.2) is 0 Å². The van der Waals surface area contributed by atoms with Crippen molar-refractivity contribution in [3.05, 3.63) is 36.7 Å². The molecule has 0 unspecified atom stereocenters. The molecule has 0 aromatic carbocycles. The second kappa shape index (κ2) is 31.2. The molecule has 1 nitrogen and oxygen atoms in total. The van der Waals surface area contributed by atoms with Gasteiger partial charge in [0.1, 0.15) is 0 Å². The van der Waals surface area contributed by atoms with Crippen molar-refractivity contribution in [2.45, 2.75) is 161 Å². The summed E-state index contributed by atoms with van der Waals surface area (Å²) in [6.45, 7) is 4.75. The fourth-order valence-corrected chi connectivity index (χ4v) is 5.30. The molecule has 0 spiro atoms. The van der Waals surface area contributed by atoms with Crippen LogP contribution in [0.4, 0.5) is 0 Å². The summed E-state index contributed by atoms with van der Waals surface area (Å²) in [4.78, 5) is 0. The summed E-state index contributed by atoms with van der Waals surface area (Å²) in [6, 6.07) is 1.58. The minimum atomic E-state index is 0.343. The van der Waals surface area contributed by atoms with Gasteiger partial charge in [-0.25, -0.2) is 0 Å². The second-order valence-electron chi connectivity index (χ2n) is 10.0. The highest BCUT2D eigenvalue weighted by atomic mass is 28.2. The van der Waals surface area contributed by atoms with Crippen LogP contribution in [0.5, 0.6) is 0 Å². The van der Waals surface area contributed by atoms with Crippen LogP contribution in [0.25, 0.3) is 0 Å². The zero-order valence-corrected chi connectivity index (χ0v) is 24.3. The van der Waals surface area contributed by atoms with E-state index in [1.807, 2.05) is 36.7 Å². The van der Waals surface area contributed by atoms with Crippen molar-refractivity contribution in [3.8, 4) is 0 Å². The molecule has 0 atom stereocenters. The smallest absolute Gasteiger partial charge is 0.0166 e. The third-order valence-corrected chi connectivity index (χ3v) is 7.88. The lowest BCUT2D eigenvalue weighted by atomic mass is 10.0. The molecule has 194 valence electrons. The van der Waals surface area contributed by atoms with E-state index in [0.717, 1.165) is 0 Å². The van der Waals surface area contributed by atoms with E-state index in [-0.39, 0.29) is 0 Å². The van der Waals surface area contributed by atoms with E-state index in [2.05, 4.69) is 18.8 Å². The number of rotatable bonds is 23. The molecule has 0 aliphatic carbocycles. The van der Waals surface area contributed by atoms with Gasteiger partial charge in [-0.2, -0.15) is 0 Å². The Morgan fingerprint density at radius 1 is 0.424 bits per heavy atom. The molecule has 2 heteroatoms. The Hall–Kier alpha value is -0.763. The molecule has 1 N–H and O–H groups in total. The zero-order chi connectivity index (χ0) is 23.9. The Bertz CT molecular complexity index is 389. The predicted molar refractivity (Wildman–Crippen MR) is 157 cm³/mol. The molecule has 0 saturated carbocycles. The second-order valence-corrected chi connectivity index (χ2v) is 11.8. The van der Waals surface area contributed by atoms with Crippen LogP contribution in [-0.2, 0) is 0 Å². The molecular formula is C31H61NSi. The van der Waals surface area contributed by atoms with Crippen LogP contribution in [0, 0.1) is 0 Å². The normalized spacial score (nSPS) is 12.7. The standard InChI is InChI=1S/C25H54Si.C6H7N/c1-3-4-5-6-7-8-9-10-11-12-13-14-15-16-17-18-19-20-21-22-23-24-25-26-2;1-2-4-6-7-5-3-1/h3-26H2,1-2H3;1-7H. The fraction of sp³-hybridized carbons (Fsp3) is 0.806. The SMILES string of the molecule is C1=CC=CNC=C1.CCCCCCCCCCCCCCCCCCCCCCCC[SiH2]C. The summed E-state index contributed by atoms with van der Waals surface area (Å²) in [5.74, 6) is 0. The first kappa shape index (κ1) is 32.2. The van der Waals surface area contributed by atoms with Gasteiger partial charge in [0.05, 0.1) is 0 Å². The van der Waals surface area contributed by atoms with Gasteiger partial charge in [-0.1, -0.05) is 173 Å². The molecule has 0 aromatic rings. The van der Waals surface area contributed by atoms with E-state index in [0.29, 0.717) is 9.52 Å². The average molecular weight is 476 g/mol. The van der Waals surface area contributed by atoms with Crippen LogP contribution in [0.15, 0.2) is 36.7 Å². The summed E-state index contributed by atoms with van der Waals surface area (Å²) in [6.07, 6.45) is 44.3. The lowest BCUT2D eigenvalue weighted by Gasteiger charge is -2.04. The van der Waals surface area contributed by atoms with Crippen molar-refractivity contribution in [2.75, 3.05) is 0 Å². The Labute approximate surface area is 212 Å². The Morgan fingerprint density at radius 3 is 1.03 bits per heavy atom. The molecule has 1 aliphatic heterocycles. The minimum absolute atomic E-state index is 0.343. The summed E-state index contributed by atoms with van der Waals surface area (Å²) < 4.78 is 0. The molecule has 0 bridgehead atoms. The van der Waals surface area contributed by atoms with Crippen LogP contribution in [0.3, 0.4) is 0 Å². The average Bonchev–Trinajstić information content (AvgIpc) is 3.16. The summed E-state index contributed by atoms with van der Waals surface area (Å²) in [7, 11) is 0.343. The molecule has 0 saturated heterocycles. The Balaban J connectivity index is 0.00000123. The lowest BCUT2D eigenvalue weighted by molar-refractivity contribution is 0.520. The van der Waals surface area contributed by atoms with Crippen molar-refractivity contribution in [2.24, 2.45) is 0 Å². The quantitative estimate of drug-likeness (QED) is 0.114. The van der Waals surface area contributed by atoms with Crippen molar-refractivity contribution in [3.63, 3.8) is 0 Å². The van der Waals surface area contributed by atoms with Gasteiger partial charge in [-0.3, -0.25) is 0 Å². The highest BCUT2D eigenvalue weighted by Gasteiger charge is 1.95. The van der Waals surface area contributed by atoms with Crippen LogP contribution in [0.1, 0.15) is 148 Å². The number of unbranched alkanes of at least 4 members (excludes halogenated alkanes) is 21. The Kier molecular flexibility index (Phi) is 30.5. The van der Waals surface area contributed by atoms with Gasteiger partial charge >= 0.3 is 0 Å². The summed E-state index contributed by atoms with van der Waals surface area (Å²) >= 11 is 0. The van der Waals surface area contributed by atoms with Crippen molar-refractivity contribution in [1.82, 2.24) is 5.32 Å². The highest BCUT2D eigenvalue weighted by molar-refractivity contribution is 6.33. The molecule has 1 rings (SSSR count).